The molecule has 1 unspecified atom stereocenters. The zero-order chi connectivity index (χ0) is 24.4. The third kappa shape index (κ3) is 4.78. The van der Waals surface area contributed by atoms with E-state index in [-0.39, 0.29) is 19.1 Å². The van der Waals surface area contributed by atoms with E-state index >= 15 is 0 Å². The Balaban J connectivity index is 1.41. The van der Waals surface area contributed by atoms with Crippen LogP contribution in [0.1, 0.15) is 12.5 Å². The lowest BCUT2D eigenvalue weighted by molar-refractivity contribution is -0.147. The molecule has 1 aliphatic heterocycles. The summed E-state index contributed by atoms with van der Waals surface area (Å²) in [5, 5.41) is 3.37. The number of hydrogen-bond acceptors (Lipinski definition) is 6. The number of carbonyl (C=O) groups is 2. The van der Waals surface area contributed by atoms with Crippen molar-refractivity contribution in [2.24, 2.45) is 0 Å². The number of rotatable bonds is 6. The number of thiazole rings is 1. The number of amides is 1. The number of aromatic nitrogens is 1. The highest BCUT2D eigenvalue weighted by Gasteiger charge is 2.34. The average molecular weight is 505 g/mol. The van der Waals surface area contributed by atoms with Gasteiger partial charge in [0.1, 0.15) is 23.4 Å². The lowest BCUT2D eigenvalue weighted by Crippen LogP contribution is -2.48. The summed E-state index contributed by atoms with van der Waals surface area (Å²) in [5.41, 5.74) is 3.78. The molecule has 6 nitrogen and oxygen atoms in total. The standard InChI is InChI=1S/C27H21ClN2O4S/c1-17(27(32)34-14-18-7-3-2-4-8-18)30-23-13-19(11-12-24(23)33-15-25(30)31)22-16-35-26(29-22)20-9-5-6-10-21(20)28/h2-13,16-17H,14-15H2,1H3. The first-order valence-corrected chi connectivity index (χ1v) is 12.3. The van der Waals surface area contributed by atoms with Gasteiger partial charge in [0.05, 0.1) is 16.4 Å². The second-order valence-corrected chi connectivity index (χ2v) is 9.29. The van der Waals surface area contributed by atoms with Crippen LogP contribution in [0.5, 0.6) is 5.75 Å². The van der Waals surface area contributed by atoms with Gasteiger partial charge >= 0.3 is 5.97 Å². The van der Waals surface area contributed by atoms with Crippen LogP contribution in [0.3, 0.4) is 0 Å². The lowest BCUT2D eigenvalue weighted by atomic mass is 10.1. The van der Waals surface area contributed by atoms with E-state index < -0.39 is 12.0 Å². The molecule has 0 fully saturated rings. The van der Waals surface area contributed by atoms with Crippen molar-refractivity contribution in [3.8, 4) is 27.6 Å². The first kappa shape index (κ1) is 23.1. The fourth-order valence-corrected chi connectivity index (χ4v) is 5.02. The number of fused-ring (bicyclic) bond motifs is 1. The van der Waals surface area contributed by atoms with Crippen LogP contribution < -0.4 is 9.64 Å². The first-order chi connectivity index (χ1) is 17.0. The third-order valence-corrected chi connectivity index (χ3v) is 6.90. The Morgan fingerprint density at radius 1 is 1.14 bits per heavy atom. The number of anilines is 1. The van der Waals surface area contributed by atoms with Gasteiger partial charge in [0.2, 0.25) is 0 Å². The first-order valence-electron chi connectivity index (χ1n) is 11.0. The van der Waals surface area contributed by atoms with Gasteiger partial charge in [0.25, 0.3) is 5.91 Å². The van der Waals surface area contributed by atoms with Gasteiger partial charge in [0.15, 0.2) is 6.61 Å². The van der Waals surface area contributed by atoms with Crippen molar-refractivity contribution in [1.29, 1.82) is 0 Å². The molecular formula is C27H21ClN2O4S. The zero-order valence-corrected chi connectivity index (χ0v) is 20.4. The molecule has 0 saturated heterocycles. The summed E-state index contributed by atoms with van der Waals surface area (Å²) in [7, 11) is 0. The van der Waals surface area contributed by atoms with E-state index in [0.717, 1.165) is 27.4 Å². The number of halogens is 1. The van der Waals surface area contributed by atoms with Crippen molar-refractivity contribution in [2.75, 3.05) is 11.5 Å². The summed E-state index contributed by atoms with van der Waals surface area (Å²) in [6.07, 6.45) is 0. The minimum atomic E-state index is -0.821. The minimum Gasteiger partial charge on any atom is -0.482 e. The molecule has 0 N–H and O–H groups in total. The van der Waals surface area contributed by atoms with E-state index in [1.807, 2.05) is 72.1 Å². The number of carbonyl (C=O) groups excluding carboxylic acids is 2. The lowest BCUT2D eigenvalue weighted by Gasteiger charge is -2.33. The highest BCUT2D eigenvalue weighted by atomic mass is 35.5. The van der Waals surface area contributed by atoms with E-state index in [4.69, 9.17) is 26.1 Å². The Morgan fingerprint density at radius 3 is 2.71 bits per heavy atom. The van der Waals surface area contributed by atoms with Crippen molar-refractivity contribution in [3.63, 3.8) is 0 Å². The minimum absolute atomic E-state index is 0.138. The van der Waals surface area contributed by atoms with Crippen LogP contribution in [0.15, 0.2) is 78.2 Å². The molecule has 0 bridgehead atoms. The normalized spacial score (nSPS) is 13.7. The molecule has 0 saturated carbocycles. The molecule has 1 aliphatic rings. The number of esters is 1. The maximum atomic E-state index is 12.8. The van der Waals surface area contributed by atoms with Crippen molar-refractivity contribution in [1.82, 2.24) is 4.98 Å². The zero-order valence-electron chi connectivity index (χ0n) is 18.8. The molecule has 0 aliphatic carbocycles. The highest BCUT2D eigenvalue weighted by Crippen LogP contribution is 2.39. The Morgan fingerprint density at radius 2 is 1.91 bits per heavy atom. The number of benzene rings is 3. The van der Waals surface area contributed by atoms with Crippen LogP contribution in [0.25, 0.3) is 21.8 Å². The number of nitrogens with zero attached hydrogens (tertiary/aromatic N) is 2. The van der Waals surface area contributed by atoms with Crippen molar-refractivity contribution >= 4 is 40.5 Å². The second kappa shape index (κ2) is 9.90. The van der Waals surface area contributed by atoms with Crippen LogP contribution in [-0.4, -0.2) is 29.5 Å². The second-order valence-electron chi connectivity index (χ2n) is 8.02. The van der Waals surface area contributed by atoms with Gasteiger partial charge in [-0.2, -0.15) is 0 Å². The van der Waals surface area contributed by atoms with Gasteiger partial charge in [-0.1, -0.05) is 60.1 Å². The van der Waals surface area contributed by atoms with Crippen LogP contribution in [0.4, 0.5) is 5.69 Å². The molecule has 0 radical (unpaired) electrons. The number of ether oxygens (including phenoxy) is 2. The van der Waals surface area contributed by atoms with E-state index in [9.17, 15) is 9.59 Å². The van der Waals surface area contributed by atoms with Gasteiger partial charge < -0.3 is 9.47 Å². The van der Waals surface area contributed by atoms with Crippen LogP contribution in [0.2, 0.25) is 5.02 Å². The van der Waals surface area contributed by atoms with Gasteiger partial charge in [0, 0.05) is 16.5 Å². The molecule has 1 amide bonds. The largest absolute Gasteiger partial charge is 0.482 e. The molecule has 8 heteroatoms. The Kier molecular flexibility index (Phi) is 6.53. The van der Waals surface area contributed by atoms with Crippen LogP contribution in [-0.2, 0) is 20.9 Å². The van der Waals surface area contributed by atoms with Crippen molar-refractivity contribution in [3.05, 3.63) is 88.8 Å². The predicted molar refractivity (Wildman–Crippen MR) is 137 cm³/mol. The van der Waals surface area contributed by atoms with Crippen LogP contribution in [0, 0.1) is 0 Å². The summed E-state index contributed by atoms with van der Waals surface area (Å²) in [5.74, 6) is -0.276. The predicted octanol–water partition coefficient (Wildman–Crippen LogP) is 5.99. The van der Waals surface area contributed by atoms with Gasteiger partial charge in [-0.15, -0.1) is 11.3 Å². The Bertz CT molecular complexity index is 1390. The summed E-state index contributed by atoms with van der Waals surface area (Å²) in [6.45, 7) is 1.65. The molecule has 0 spiro atoms. The number of hydrogen-bond donors (Lipinski definition) is 0. The van der Waals surface area contributed by atoms with E-state index in [1.165, 1.54) is 16.2 Å². The molecule has 176 valence electrons. The molecule has 4 aromatic rings. The fraction of sp³-hybridized carbons (Fsp3) is 0.148. The monoisotopic (exact) mass is 504 g/mol. The molecule has 1 atom stereocenters. The smallest absolute Gasteiger partial charge is 0.329 e. The quantitative estimate of drug-likeness (QED) is 0.302. The van der Waals surface area contributed by atoms with Gasteiger partial charge in [-0.05, 0) is 36.8 Å². The molecule has 2 heterocycles. The van der Waals surface area contributed by atoms with E-state index in [1.54, 1.807) is 13.0 Å². The summed E-state index contributed by atoms with van der Waals surface area (Å²) in [4.78, 5) is 31.8. The molecular weight excluding hydrogens is 484 g/mol. The maximum Gasteiger partial charge on any atom is 0.329 e. The summed E-state index contributed by atoms with van der Waals surface area (Å²) in [6, 6.07) is 21.6. The average Bonchev–Trinajstić information content (AvgIpc) is 3.37. The third-order valence-electron chi connectivity index (χ3n) is 5.69. The van der Waals surface area contributed by atoms with E-state index in [2.05, 4.69) is 0 Å². The van der Waals surface area contributed by atoms with Crippen LogP contribution >= 0.6 is 22.9 Å². The highest BCUT2D eigenvalue weighted by molar-refractivity contribution is 7.13. The molecule has 3 aromatic carbocycles. The molecule has 1 aromatic heterocycles. The fourth-order valence-electron chi connectivity index (χ4n) is 3.87. The van der Waals surface area contributed by atoms with Crippen molar-refractivity contribution in [2.45, 2.75) is 19.6 Å². The SMILES string of the molecule is CC(C(=O)OCc1ccccc1)N1C(=O)COc2ccc(-c3csc(-c4ccccc4Cl)n3)cc21. The van der Waals surface area contributed by atoms with Crippen molar-refractivity contribution < 1.29 is 19.1 Å². The Hall–Kier alpha value is -3.68. The summed E-state index contributed by atoms with van der Waals surface area (Å²) >= 11 is 7.82. The van der Waals surface area contributed by atoms with Gasteiger partial charge in [-0.25, -0.2) is 9.78 Å². The molecule has 35 heavy (non-hydrogen) atoms. The maximum absolute atomic E-state index is 12.8. The topological polar surface area (TPSA) is 68.7 Å². The summed E-state index contributed by atoms with van der Waals surface area (Å²) < 4.78 is 11.1. The van der Waals surface area contributed by atoms with E-state index in [0.29, 0.717) is 16.5 Å². The van der Waals surface area contributed by atoms with Gasteiger partial charge in [-0.3, -0.25) is 9.69 Å². The molecule has 5 rings (SSSR count). The Labute approximate surface area is 211 Å².